The fraction of sp³-hybridized carbons (Fsp3) is 0.385. The van der Waals surface area contributed by atoms with Gasteiger partial charge in [0.25, 0.3) is 0 Å². The molecule has 0 aromatic heterocycles. The van der Waals surface area contributed by atoms with Crippen molar-refractivity contribution in [3.63, 3.8) is 0 Å². The number of ketones is 1. The van der Waals surface area contributed by atoms with Gasteiger partial charge >= 0.3 is 5.97 Å². The van der Waals surface area contributed by atoms with E-state index in [2.05, 4.69) is 0 Å². The Labute approximate surface area is 95.1 Å². The van der Waals surface area contributed by atoms with Crippen molar-refractivity contribution in [2.45, 2.75) is 26.7 Å². The van der Waals surface area contributed by atoms with Crippen LogP contribution >= 0.6 is 0 Å². The Bertz CT molecular complexity index is 396. The van der Waals surface area contributed by atoms with E-state index in [0.717, 1.165) is 11.1 Å². The molecular formula is C13H16O3. The predicted molar refractivity (Wildman–Crippen MR) is 61.3 cm³/mol. The van der Waals surface area contributed by atoms with Crippen molar-refractivity contribution < 1.29 is 14.7 Å². The third-order valence-corrected chi connectivity index (χ3v) is 2.72. The average Bonchev–Trinajstić information content (AvgIpc) is 2.19. The summed E-state index contributed by atoms with van der Waals surface area (Å²) in [6, 6.07) is 7.74. The summed E-state index contributed by atoms with van der Waals surface area (Å²) in [5.74, 6) is -1.40. The third-order valence-electron chi connectivity index (χ3n) is 2.72. The van der Waals surface area contributed by atoms with E-state index in [4.69, 9.17) is 5.11 Å². The summed E-state index contributed by atoms with van der Waals surface area (Å²) in [4.78, 5) is 22.0. The molecule has 1 unspecified atom stereocenters. The maximum Gasteiger partial charge on any atom is 0.304 e. The Morgan fingerprint density at radius 3 is 2.44 bits per heavy atom. The molecule has 0 saturated heterocycles. The molecule has 0 spiro atoms. The van der Waals surface area contributed by atoms with Crippen LogP contribution in [-0.4, -0.2) is 16.9 Å². The molecule has 0 aliphatic heterocycles. The van der Waals surface area contributed by atoms with E-state index in [-0.39, 0.29) is 12.2 Å². The van der Waals surface area contributed by atoms with Crippen molar-refractivity contribution >= 4 is 11.8 Å². The van der Waals surface area contributed by atoms with Crippen LogP contribution in [0.25, 0.3) is 0 Å². The molecule has 1 aromatic carbocycles. The van der Waals surface area contributed by atoms with E-state index in [1.54, 1.807) is 0 Å². The van der Waals surface area contributed by atoms with Gasteiger partial charge in [0.2, 0.25) is 0 Å². The SMILES string of the molecule is CC(=O)C(CC(=O)O)Cc1ccccc1C. The highest BCUT2D eigenvalue weighted by Crippen LogP contribution is 2.16. The van der Waals surface area contributed by atoms with Gasteiger partial charge in [0.05, 0.1) is 6.42 Å². The van der Waals surface area contributed by atoms with E-state index in [1.165, 1.54) is 6.92 Å². The number of carboxylic acid groups (broad SMARTS) is 1. The molecule has 1 rings (SSSR count). The van der Waals surface area contributed by atoms with E-state index in [1.807, 2.05) is 31.2 Å². The molecule has 0 heterocycles. The quantitative estimate of drug-likeness (QED) is 0.827. The van der Waals surface area contributed by atoms with Crippen LogP contribution < -0.4 is 0 Å². The zero-order valence-corrected chi connectivity index (χ0v) is 9.56. The number of carbonyl (C=O) groups excluding carboxylic acids is 1. The molecule has 3 heteroatoms. The first-order valence-corrected chi connectivity index (χ1v) is 5.27. The summed E-state index contributed by atoms with van der Waals surface area (Å²) in [7, 11) is 0. The van der Waals surface area contributed by atoms with E-state index >= 15 is 0 Å². The maximum atomic E-state index is 11.3. The van der Waals surface area contributed by atoms with Gasteiger partial charge in [-0.2, -0.15) is 0 Å². The molecule has 0 amide bonds. The molecular weight excluding hydrogens is 204 g/mol. The van der Waals surface area contributed by atoms with Gasteiger partial charge in [0.15, 0.2) is 0 Å². The minimum Gasteiger partial charge on any atom is -0.481 e. The molecule has 1 N–H and O–H groups in total. The van der Waals surface area contributed by atoms with Crippen molar-refractivity contribution in [2.75, 3.05) is 0 Å². The third kappa shape index (κ3) is 3.50. The number of aliphatic carboxylic acids is 1. The molecule has 0 radical (unpaired) electrons. The van der Waals surface area contributed by atoms with Gasteiger partial charge in [-0.25, -0.2) is 0 Å². The highest BCUT2D eigenvalue weighted by atomic mass is 16.4. The monoisotopic (exact) mass is 220 g/mol. The number of hydrogen-bond acceptors (Lipinski definition) is 2. The summed E-state index contributed by atoms with van der Waals surface area (Å²) in [5, 5.41) is 8.73. The van der Waals surface area contributed by atoms with Crippen LogP contribution in [-0.2, 0) is 16.0 Å². The Balaban J connectivity index is 2.80. The molecule has 0 aliphatic rings. The minimum atomic E-state index is -0.922. The topological polar surface area (TPSA) is 54.4 Å². The second-order valence-corrected chi connectivity index (χ2v) is 4.04. The number of carbonyl (C=O) groups is 2. The molecule has 0 aliphatic carbocycles. The normalized spacial score (nSPS) is 12.1. The number of rotatable bonds is 5. The predicted octanol–water partition coefficient (Wildman–Crippen LogP) is 2.22. The molecule has 86 valence electrons. The second kappa shape index (κ2) is 5.45. The molecule has 3 nitrogen and oxygen atoms in total. The highest BCUT2D eigenvalue weighted by Gasteiger charge is 2.19. The summed E-state index contributed by atoms with van der Waals surface area (Å²) in [6.45, 7) is 3.42. The van der Waals surface area contributed by atoms with Crippen LogP contribution in [0.1, 0.15) is 24.5 Å². The lowest BCUT2D eigenvalue weighted by Crippen LogP contribution is -2.18. The van der Waals surface area contributed by atoms with Crippen molar-refractivity contribution in [1.82, 2.24) is 0 Å². The fourth-order valence-corrected chi connectivity index (χ4v) is 1.67. The van der Waals surface area contributed by atoms with Gasteiger partial charge in [0.1, 0.15) is 5.78 Å². The first-order valence-electron chi connectivity index (χ1n) is 5.27. The Kier molecular flexibility index (Phi) is 4.23. The molecule has 0 saturated carbocycles. The van der Waals surface area contributed by atoms with E-state index in [0.29, 0.717) is 6.42 Å². The van der Waals surface area contributed by atoms with Gasteiger partial charge in [-0.1, -0.05) is 24.3 Å². The van der Waals surface area contributed by atoms with Crippen molar-refractivity contribution in [3.8, 4) is 0 Å². The van der Waals surface area contributed by atoms with Crippen molar-refractivity contribution in [1.29, 1.82) is 0 Å². The summed E-state index contributed by atoms with van der Waals surface area (Å²) in [5.41, 5.74) is 2.14. The zero-order valence-electron chi connectivity index (χ0n) is 9.56. The van der Waals surface area contributed by atoms with Crippen molar-refractivity contribution in [3.05, 3.63) is 35.4 Å². The zero-order chi connectivity index (χ0) is 12.1. The van der Waals surface area contributed by atoms with Gasteiger partial charge < -0.3 is 5.11 Å². The first-order chi connectivity index (χ1) is 7.50. The highest BCUT2D eigenvalue weighted by molar-refractivity contribution is 5.83. The van der Waals surface area contributed by atoms with Crippen molar-refractivity contribution in [2.24, 2.45) is 5.92 Å². The molecule has 1 atom stereocenters. The smallest absolute Gasteiger partial charge is 0.304 e. The lowest BCUT2D eigenvalue weighted by molar-refractivity contribution is -0.140. The number of hydrogen-bond donors (Lipinski definition) is 1. The average molecular weight is 220 g/mol. The number of aryl methyl sites for hydroxylation is 1. The standard InChI is InChI=1S/C13H16O3/c1-9-5-3-4-6-11(9)7-12(10(2)14)8-13(15)16/h3-6,12H,7-8H2,1-2H3,(H,15,16). The first kappa shape index (κ1) is 12.4. The lowest BCUT2D eigenvalue weighted by Gasteiger charge is -2.12. The molecule has 1 aromatic rings. The summed E-state index contributed by atoms with van der Waals surface area (Å²) < 4.78 is 0. The molecule has 0 bridgehead atoms. The van der Waals surface area contributed by atoms with Crippen LogP contribution in [0, 0.1) is 12.8 Å². The fourth-order valence-electron chi connectivity index (χ4n) is 1.67. The van der Waals surface area contributed by atoms with Crippen LogP contribution in [0.2, 0.25) is 0 Å². The van der Waals surface area contributed by atoms with Crippen LogP contribution in [0.5, 0.6) is 0 Å². The van der Waals surface area contributed by atoms with Gasteiger partial charge in [-0.05, 0) is 31.4 Å². The number of Topliss-reactive ketones (excluding diaryl/α,β-unsaturated/α-hetero) is 1. The molecule has 0 fully saturated rings. The Hall–Kier alpha value is -1.64. The molecule has 16 heavy (non-hydrogen) atoms. The minimum absolute atomic E-state index is 0.0642. The largest absolute Gasteiger partial charge is 0.481 e. The van der Waals surface area contributed by atoms with Gasteiger partial charge in [-0.15, -0.1) is 0 Å². The van der Waals surface area contributed by atoms with Crippen LogP contribution in [0.3, 0.4) is 0 Å². The Morgan fingerprint density at radius 1 is 1.31 bits per heavy atom. The summed E-state index contributed by atoms with van der Waals surface area (Å²) >= 11 is 0. The maximum absolute atomic E-state index is 11.3. The summed E-state index contributed by atoms with van der Waals surface area (Å²) in [6.07, 6.45) is 0.415. The second-order valence-electron chi connectivity index (χ2n) is 4.04. The lowest BCUT2D eigenvalue weighted by atomic mass is 9.91. The number of carboxylic acids is 1. The van der Waals surface area contributed by atoms with Crippen LogP contribution in [0.4, 0.5) is 0 Å². The van der Waals surface area contributed by atoms with Crippen LogP contribution in [0.15, 0.2) is 24.3 Å². The Morgan fingerprint density at radius 2 is 1.94 bits per heavy atom. The van der Waals surface area contributed by atoms with Gasteiger partial charge in [-0.3, -0.25) is 9.59 Å². The number of benzene rings is 1. The van der Waals surface area contributed by atoms with E-state index in [9.17, 15) is 9.59 Å². The van der Waals surface area contributed by atoms with Gasteiger partial charge in [0, 0.05) is 5.92 Å². The van der Waals surface area contributed by atoms with E-state index < -0.39 is 11.9 Å².